The molecule has 19 heavy (non-hydrogen) atoms. The molecule has 0 spiro atoms. The van der Waals surface area contributed by atoms with Gasteiger partial charge in [0.15, 0.2) is 12.0 Å². The van der Waals surface area contributed by atoms with Crippen molar-refractivity contribution in [2.45, 2.75) is 0 Å². The van der Waals surface area contributed by atoms with Crippen molar-refractivity contribution in [3.05, 3.63) is 66.7 Å². The molecule has 2 heterocycles. The van der Waals surface area contributed by atoms with Crippen LogP contribution in [0.15, 0.2) is 65.3 Å². The van der Waals surface area contributed by atoms with E-state index in [1.165, 1.54) is 0 Å². The summed E-state index contributed by atoms with van der Waals surface area (Å²) in [6.07, 6.45) is 4.22. The van der Waals surface area contributed by atoms with Crippen LogP contribution in [-0.2, 0) is 0 Å². The first kappa shape index (κ1) is 11.4. The molecule has 1 aromatic carbocycles. The van der Waals surface area contributed by atoms with Gasteiger partial charge in [0.25, 0.3) is 0 Å². The second-order valence-electron chi connectivity index (χ2n) is 4.10. The molecule has 0 fully saturated rings. The third kappa shape index (κ3) is 2.18. The van der Waals surface area contributed by atoms with Gasteiger partial charge in [0.05, 0.1) is 0 Å². The van der Waals surface area contributed by atoms with Crippen molar-refractivity contribution < 1.29 is 9.21 Å². The maximum Gasteiger partial charge on any atom is 0.185 e. The topological polar surface area (TPSA) is 43.1 Å². The van der Waals surface area contributed by atoms with Gasteiger partial charge < -0.3 is 4.42 Å². The lowest BCUT2D eigenvalue weighted by Gasteiger charge is -2.07. The molecular formula is C16H11NO2. The summed E-state index contributed by atoms with van der Waals surface area (Å²) in [5.41, 5.74) is 3.08. The quantitative estimate of drug-likeness (QED) is 0.663. The maximum atomic E-state index is 10.7. The van der Waals surface area contributed by atoms with Crippen LogP contribution in [0.5, 0.6) is 0 Å². The van der Waals surface area contributed by atoms with E-state index < -0.39 is 0 Å². The number of nitrogens with zero attached hydrogens (tertiary/aromatic N) is 1. The maximum absolute atomic E-state index is 10.7. The third-order valence-electron chi connectivity index (χ3n) is 2.93. The van der Waals surface area contributed by atoms with Crippen LogP contribution in [0.1, 0.15) is 10.6 Å². The predicted molar refractivity (Wildman–Crippen MR) is 72.8 cm³/mol. The van der Waals surface area contributed by atoms with E-state index in [1.54, 1.807) is 18.5 Å². The first-order valence-corrected chi connectivity index (χ1v) is 5.93. The third-order valence-corrected chi connectivity index (χ3v) is 2.93. The number of benzene rings is 1. The molecule has 0 bridgehead atoms. The highest BCUT2D eigenvalue weighted by Crippen LogP contribution is 2.32. The van der Waals surface area contributed by atoms with Gasteiger partial charge in [-0.3, -0.25) is 9.78 Å². The van der Waals surface area contributed by atoms with Gasteiger partial charge >= 0.3 is 0 Å². The minimum absolute atomic E-state index is 0.333. The summed E-state index contributed by atoms with van der Waals surface area (Å²) >= 11 is 0. The molecule has 0 aliphatic rings. The minimum Gasteiger partial charge on any atom is -0.453 e. The fourth-order valence-corrected chi connectivity index (χ4v) is 2.04. The van der Waals surface area contributed by atoms with Crippen LogP contribution in [0.2, 0.25) is 0 Å². The van der Waals surface area contributed by atoms with Crippen LogP contribution in [0, 0.1) is 0 Å². The molecule has 0 aliphatic carbocycles. The van der Waals surface area contributed by atoms with Crippen molar-refractivity contribution in [2.24, 2.45) is 0 Å². The molecule has 0 unspecified atom stereocenters. The molecule has 0 atom stereocenters. The zero-order chi connectivity index (χ0) is 13.1. The average molecular weight is 249 g/mol. The summed E-state index contributed by atoms with van der Waals surface area (Å²) in [6, 6.07) is 15.3. The largest absolute Gasteiger partial charge is 0.453 e. The molecule has 0 radical (unpaired) electrons. The molecule has 3 heteroatoms. The lowest BCUT2D eigenvalue weighted by molar-refractivity contribution is 0.110. The van der Waals surface area contributed by atoms with Gasteiger partial charge in [-0.25, -0.2) is 0 Å². The van der Waals surface area contributed by atoms with E-state index >= 15 is 0 Å². The number of pyridine rings is 1. The molecule has 0 N–H and O–H groups in total. The Morgan fingerprint density at radius 3 is 2.32 bits per heavy atom. The van der Waals surface area contributed by atoms with Crippen molar-refractivity contribution in [3.8, 4) is 22.5 Å². The SMILES string of the molecule is O=Cc1ccc(-c2ccccc2-c2ccncc2)o1. The molecule has 3 rings (SSSR count). The fraction of sp³-hybridized carbons (Fsp3) is 0. The average Bonchev–Trinajstić information content (AvgIpc) is 2.97. The second kappa shape index (κ2) is 4.90. The van der Waals surface area contributed by atoms with Crippen LogP contribution >= 0.6 is 0 Å². The Hall–Kier alpha value is -2.68. The molecule has 3 aromatic rings. The van der Waals surface area contributed by atoms with Gasteiger partial charge in [-0.2, -0.15) is 0 Å². The van der Waals surface area contributed by atoms with Crippen molar-refractivity contribution >= 4 is 6.29 Å². The van der Waals surface area contributed by atoms with Gasteiger partial charge in [0.2, 0.25) is 0 Å². The van der Waals surface area contributed by atoms with E-state index in [0.29, 0.717) is 17.8 Å². The first-order chi connectivity index (χ1) is 9.38. The van der Waals surface area contributed by atoms with E-state index in [9.17, 15) is 4.79 Å². The van der Waals surface area contributed by atoms with E-state index in [2.05, 4.69) is 4.98 Å². The highest BCUT2D eigenvalue weighted by Gasteiger charge is 2.10. The number of carbonyl (C=O) groups excluding carboxylic acids is 1. The Bertz CT molecular complexity index is 702. The van der Waals surface area contributed by atoms with Gasteiger partial charge in [-0.15, -0.1) is 0 Å². The zero-order valence-electron chi connectivity index (χ0n) is 10.1. The standard InChI is InChI=1S/C16H11NO2/c18-11-13-5-6-16(19-13)15-4-2-1-3-14(15)12-7-9-17-10-8-12/h1-11H. The highest BCUT2D eigenvalue weighted by molar-refractivity contribution is 5.82. The van der Waals surface area contributed by atoms with Crippen LogP contribution in [0.4, 0.5) is 0 Å². The Morgan fingerprint density at radius 2 is 1.63 bits per heavy atom. The van der Waals surface area contributed by atoms with E-state index in [4.69, 9.17) is 4.42 Å². The van der Waals surface area contributed by atoms with E-state index in [0.717, 1.165) is 16.7 Å². The smallest absolute Gasteiger partial charge is 0.185 e. The van der Waals surface area contributed by atoms with Crippen LogP contribution in [0.3, 0.4) is 0 Å². The molecular weight excluding hydrogens is 238 g/mol. The molecule has 0 saturated heterocycles. The number of furan rings is 1. The number of aromatic nitrogens is 1. The van der Waals surface area contributed by atoms with Crippen LogP contribution in [0.25, 0.3) is 22.5 Å². The van der Waals surface area contributed by atoms with Crippen LogP contribution in [-0.4, -0.2) is 11.3 Å². The summed E-state index contributed by atoms with van der Waals surface area (Å²) in [7, 11) is 0. The number of aldehydes is 1. The number of hydrogen-bond acceptors (Lipinski definition) is 3. The van der Waals surface area contributed by atoms with E-state index in [1.807, 2.05) is 42.5 Å². The Kier molecular flexibility index (Phi) is 2.94. The van der Waals surface area contributed by atoms with Crippen molar-refractivity contribution in [2.75, 3.05) is 0 Å². The lowest BCUT2D eigenvalue weighted by atomic mass is 9.99. The second-order valence-corrected chi connectivity index (χ2v) is 4.10. The molecule has 0 saturated carbocycles. The molecule has 92 valence electrons. The van der Waals surface area contributed by atoms with Crippen molar-refractivity contribution in [1.29, 1.82) is 0 Å². The van der Waals surface area contributed by atoms with E-state index in [-0.39, 0.29) is 0 Å². The van der Waals surface area contributed by atoms with Gasteiger partial charge in [-0.05, 0) is 35.4 Å². The summed E-state index contributed by atoms with van der Waals surface area (Å²) in [5, 5.41) is 0. The fourth-order valence-electron chi connectivity index (χ4n) is 2.04. The summed E-state index contributed by atoms with van der Waals surface area (Å²) in [5.74, 6) is 1.02. The number of rotatable bonds is 3. The Labute approximate surface area is 110 Å². The molecule has 2 aromatic heterocycles. The minimum atomic E-state index is 0.333. The number of carbonyl (C=O) groups is 1. The Morgan fingerprint density at radius 1 is 0.895 bits per heavy atom. The summed E-state index contributed by atoms with van der Waals surface area (Å²) < 4.78 is 5.50. The number of hydrogen-bond donors (Lipinski definition) is 0. The summed E-state index contributed by atoms with van der Waals surface area (Å²) in [4.78, 5) is 14.7. The predicted octanol–water partition coefficient (Wildman–Crippen LogP) is 3.82. The van der Waals surface area contributed by atoms with Crippen molar-refractivity contribution in [1.82, 2.24) is 4.98 Å². The lowest BCUT2D eigenvalue weighted by Crippen LogP contribution is -1.83. The van der Waals surface area contributed by atoms with Crippen LogP contribution < -0.4 is 0 Å². The molecule has 0 aliphatic heterocycles. The molecule has 0 amide bonds. The highest BCUT2D eigenvalue weighted by atomic mass is 16.3. The first-order valence-electron chi connectivity index (χ1n) is 5.93. The monoisotopic (exact) mass is 249 g/mol. The van der Waals surface area contributed by atoms with Gasteiger partial charge in [-0.1, -0.05) is 24.3 Å². The Balaban J connectivity index is 2.14. The summed E-state index contributed by atoms with van der Waals surface area (Å²) in [6.45, 7) is 0. The van der Waals surface area contributed by atoms with Gasteiger partial charge in [0, 0.05) is 18.0 Å². The van der Waals surface area contributed by atoms with Gasteiger partial charge in [0.1, 0.15) is 5.76 Å². The normalized spacial score (nSPS) is 10.3. The van der Waals surface area contributed by atoms with Crippen molar-refractivity contribution in [3.63, 3.8) is 0 Å². The molecule has 3 nitrogen and oxygen atoms in total. The zero-order valence-corrected chi connectivity index (χ0v) is 10.1.